The van der Waals surface area contributed by atoms with Crippen LogP contribution in [0, 0.1) is 0 Å². The Bertz CT molecular complexity index is 367. The minimum atomic E-state index is 0.164. The fourth-order valence-corrected chi connectivity index (χ4v) is 1.60. The van der Waals surface area contributed by atoms with Crippen molar-refractivity contribution in [2.24, 2.45) is 4.99 Å². The molecule has 0 aliphatic carbocycles. The second kappa shape index (κ2) is 5.15. The van der Waals surface area contributed by atoms with Gasteiger partial charge in [-0.1, -0.05) is 25.1 Å². The van der Waals surface area contributed by atoms with Crippen LogP contribution in [0.1, 0.15) is 32.8 Å². The van der Waals surface area contributed by atoms with Crippen LogP contribution in [0.3, 0.4) is 0 Å². The van der Waals surface area contributed by atoms with Crippen LogP contribution in [-0.2, 0) is 0 Å². The summed E-state index contributed by atoms with van der Waals surface area (Å²) < 4.78 is 0. The van der Waals surface area contributed by atoms with Gasteiger partial charge in [-0.2, -0.15) is 0 Å². The quantitative estimate of drug-likeness (QED) is 0.708. The molecule has 0 atom stereocenters. The van der Waals surface area contributed by atoms with Gasteiger partial charge < -0.3 is 4.90 Å². The molecule has 1 aromatic rings. The van der Waals surface area contributed by atoms with E-state index in [9.17, 15) is 0 Å². The van der Waals surface area contributed by atoms with Crippen LogP contribution in [0.2, 0.25) is 0 Å². The second-order valence-corrected chi connectivity index (χ2v) is 4.67. The Morgan fingerprint density at radius 1 is 1.31 bits per heavy atom. The molecule has 1 aromatic carbocycles. The van der Waals surface area contributed by atoms with Gasteiger partial charge in [-0.05, 0) is 26.3 Å². The van der Waals surface area contributed by atoms with Crippen molar-refractivity contribution in [3.8, 4) is 0 Å². The number of rotatable bonds is 4. The molecule has 0 N–H and O–H groups in total. The summed E-state index contributed by atoms with van der Waals surface area (Å²) in [5.41, 5.74) is 2.58. The van der Waals surface area contributed by atoms with Gasteiger partial charge in [-0.15, -0.1) is 0 Å². The highest BCUT2D eigenvalue weighted by atomic mass is 15.2. The average molecular weight is 218 g/mol. The van der Waals surface area contributed by atoms with E-state index in [4.69, 9.17) is 0 Å². The first-order valence-electron chi connectivity index (χ1n) is 5.78. The van der Waals surface area contributed by atoms with E-state index >= 15 is 0 Å². The van der Waals surface area contributed by atoms with E-state index in [1.54, 1.807) is 0 Å². The van der Waals surface area contributed by atoms with E-state index in [0.29, 0.717) is 0 Å². The summed E-state index contributed by atoms with van der Waals surface area (Å²) in [5, 5.41) is 0. The molecule has 0 unspecified atom stereocenters. The third-order valence-corrected chi connectivity index (χ3v) is 3.34. The minimum Gasteiger partial charge on any atom is -0.369 e. The summed E-state index contributed by atoms with van der Waals surface area (Å²) in [6, 6.07) is 8.37. The molecule has 0 aliphatic rings. The van der Waals surface area contributed by atoms with Gasteiger partial charge in [0.2, 0.25) is 0 Å². The van der Waals surface area contributed by atoms with Crippen molar-refractivity contribution in [1.82, 2.24) is 0 Å². The molecule has 0 radical (unpaired) electrons. The van der Waals surface area contributed by atoms with Crippen molar-refractivity contribution in [1.29, 1.82) is 0 Å². The largest absolute Gasteiger partial charge is 0.369 e. The lowest BCUT2D eigenvalue weighted by molar-refractivity contribution is 0.470. The summed E-state index contributed by atoms with van der Waals surface area (Å²) in [7, 11) is 3.95. The van der Waals surface area contributed by atoms with Gasteiger partial charge >= 0.3 is 0 Å². The maximum atomic E-state index is 4.11. The number of para-hydroxylation sites is 1. The van der Waals surface area contributed by atoms with E-state index in [0.717, 1.165) is 6.42 Å². The summed E-state index contributed by atoms with van der Waals surface area (Å²) >= 11 is 0. The molecule has 0 fully saturated rings. The lowest BCUT2D eigenvalue weighted by atomic mass is 9.98. The zero-order valence-electron chi connectivity index (χ0n) is 11.0. The molecular weight excluding hydrogens is 196 g/mol. The molecule has 0 spiro atoms. The number of anilines is 1. The lowest BCUT2D eigenvalue weighted by Crippen LogP contribution is -2.41. The van der Waals surface area contributed by atoms with Crippen molar-refractivity contribution in [3.05, 3.63) is 29.8 Å². The van der Waals surface area contributed by atoms with E-state index in [1.807, 2.05) is 19.3 Å². The molecule has 2 heteroatoms. The minimum absolute atomic E-state index is 0.164. The first-order chi connectivity index (χ1) is 7.53. The average Bonchev–Trinajstić information content (AvgIpc) is 2.29. The molecule has 0 bridgehead atoms. The summed E-state index contributed by atoms with van der Waals surface area (Å²) in [4.78, 5) is 6.43. The van der Waals surface area contributed by atoms with E-state index < -0.39 is 0 Å². The van der Waals surface area contributed by atoms with Crippen LogP contribution >= 0.6 is 0 Å². The molecule has 0 heterocycles. The molecule has 0 amide bonds. The Hall–Kier alpha value is -1.31. The lowest BCUT2D eigenvalue weighted by Gasteiger charge is -2.37. The molecule has 0 aromatic heterocycles. The van der Waals surface area contributed by atoms with E-state index in [2.05, 4.69) is 55.9 Å². The normalized spacial score (nSPS) is 12.1. The third-order valence-electron chi connectivity index (χ3n) is 3.34. The second-order valence-electron chi connectivity index (χ2n) is 4.67. The fraction of sp³-hybridized carbons (Fsp3) is 0.500. The van der Waals surface area contributed by atoms with E-state index in [1.165, 1.54) is 11.3 Å². The van der Waals surface area contributed by atoms with E-state index in [-0.39, 0.29) is 5.54 Å². The Labute approximate surface area is 99.0 Å². The van der Waals surface area contributed by atoms with Crippen LogP contribution in [0.5, 0.6) is 0 Å². The topological polar surface area (TPSA) is 15.6 Å². The molecular formula is C14H22N2. The van der Waals surface area contributed by atoms with Crippen LogP contribution in [0.15, 0.2) is 29.3 Å². The van der Waals surface area contributed by atoms with Crippen LogP contribution in [-0.4, -0.2) is 25.8 Å². The van der Waals surface area contributed by atoms with Gasteiger partial charge in [0.25, 0.3) is 0 Å². The predicted molar refractivity (Wildman–Crippen MR) is 72.7 cm³/mol. The zero-order chi connectivity index (χ0) is 12.2. The number of hydrogen-bond acceptors (Lipinski definition) is 2. The van der Waals surface area contributed by atoms with Crippen molar-refractivity contribution >= 4 is 11.9 Å². The number of aliphatic imine (C=N–C) groups is 1. The highest BCUT2D eigenvalue weighted by Gasteiger charge is 2.22. The summed E-state index contributed by atoms with van der Waals surface area (Å²) in [5.74, 6) is 0. The van der Waals surface area contributed by atoms with Gasteiger partial charge in [-0.25, -0.2) is 0 Å². The maximum absolute atomic E-state index is 4.11. The molecule has 1 rings (SSSR count). The molecule has 88 valence electrons. The maximum Gasteiger partial charge on any atom is 0.0457 e. The Morgan fingerprint density at radius 2 is 1.94 bits per heavy atom. The first kappa shape index (κ1) is 12.8. The Morgan fingerprint density at radius 3 is 2.50 bits per heavy atom. The van der Waals surface area contributed by atoms with Crippen LogP contribution in [0.25, 0.3) is 0 Å². The zero-order valence-corrected chi connectivity index (χ0v) is 11.0. The van der Waals surface area contributed by atoms with Crippen molar-refractivity contribution < 1.29 is 0 Å². The molecule has 2 nitrogen and oxygen atoms in total. The van der Waals surface area contributed by atoms with Gasteiger partial charge in [-0.3, -0.25) is 4.99 Å². The molecule has 0 aliphatic heterocycles. The van der Waals surface area contributed by atoms with Crippen LogP contribution < -0.4 is 4.90 Å². The fourth-order valence-electron chi connectivity index (χ4n) is 1.60. The number of benzene rings is 1. The highest BCUT2D eigenvalue weighted by Crippen LogP contribution is 2.26. The van der Waals surface area contributed by atoms with Crippen molar-refractivity contribution in [2.75, 3.05) is 19.0 Å². The summed E-state index contributed by atoms with van der Waals surface area (Å²) in [6.07, 6.45) is 3.03. The Balaban J connectivity index is 3.12. The number of hydrogen-bond donors (Lipinski definition) is 0. The van der Waals surface area contributed by atoms with Crippen LogP contribution in [0.4, 0.5) is 5.69 Å². The van der Waals surface area contributed by atoms with Gasteiger partial charge in [0.1, 0.15) is 0 Å². The van der Waals surface area contributed by atoms with Crippen molar-refractivity contribution in [2.45, 2.75) is 32.7 Å². The van der Waals surface area contributed by atoms with Crippen molar-refractivity contribution in [3.63, 3.8) is 0 Å². The third kappa shape index (κ3) is 2.63. The SMILES string of the molecule is CCC(C)(C)N(C)c1ccccc1C=NC. The number of nitrogens with zero attached hydrogens (tertiary/aromatic N) is 2. The monoisotopic (exact) mass is 218 g/mol. The van der Waals surface area contributed by atoms with Gasteiger partial charge in [0, 0.05) is 37.1 Å². The van der Waals surface area contributed by atoms with Gasteiger partial charge in [0.05, 0.1) is 0 Å². The molecule has 16 heavy (non-hydrogen) atoms. The molecule has 0 saturated carbocycles. The summed E-state index contributed by atoms with van der Waals surface area (Å²) in [6.45, 7) is 6.73. The standard InChI is InChI=1S/C14H22N2/c1-6-14(2,3)16(5)13-10-8-7-9-12(13)11-15-4/h7-11H,6H2,1-5H3. The predicted octanol–water partition coefficient (Wildman–Crippen LogP) is 3.36. The smallest absolute Gasteiger partial charge is 0.0457 e. The highest BCUT2D eigenvalue weighted by molar-refractivity contribution is 5.88. The first-order valence-corrected chi connectivity index (χ1v) is 5.78. The van der Waals surface area contributed by atoms with Gasteiger partial charge in [0.15, 0.2) is 0 Å². The molecule has 0 saturated heterocycles. The Kier molecular flexibility index (Phi) is 4.11.